The number of aromatic nitrogens is 2. The van der Waals surface area contributed by atoms with Crippen LogP contribution in [0.15, 0.2) is 12.4 Å². The maximum absolute atomic E-state index is 5.85. The summed E-state index contributed by atoms with van der Waals surface area (Å²) in [4.78, 5) is 0. The Labute approximate surface area is 83.9 Å². The van der Waals surface area contributed by atoms with Gasteiger partial charge in [0.1, 0.15) is 0 Å². The van der Waals surface area contributed by atoms with Crippen molar-refractivity contribution in [3.05, 3.63) is 17.4 Å². The van der Waals surface area contributed by atoms with Gasteiger partial charge in [0.2, 0.25) is 0 Å². The summed E-state index contributed by atoms with van der Waals surface area (Å²) in [5, 5.41) is 5.02. The zero-order chi connectivity index (χ0) is 9.47. The minimum Gasteiger partial charge on any atom is -0.268 e. The summed E-state index contributed by atoms with van der Waals surface area (Å²) in [6.07, 6.45) is 7.46. The van der Waals surface area contributed by atoms with Crippen LogP contribution in [-0.2, 0) is 0 Å². The average Bonchev–Trinajstić information content (AvgIpc) is 2.56. The van der Waals surface area contributed by atoms with E-state index in [2.05, 4.69) is 18.9 Å². The van der Waals surface area contributed by atoms with E-state index in [9.17, 15) is 0 Å². The minimum absolute atomic E-state index is 0.370. The highest BCUT2D eigenvalue weighted by molar-refractivity contribution is 6.30. The van der Waals surface area contributed by atoms with Crippen molar-refractivity contribution in [3.63, 3.8) is 0 Å². The predicted octanol–water partition coefficient (Wildman–Crippen LogP) is 3.29. The van der Waals surface area contributed by atoms with Crippen molar-refractivity contribution < 1.29 is 0 Å². The van der Waals surface area contributed by atoms with E-state index in [4.69, 9.17) is 11.6 Å². The summed E-state index contributed by atoms with van der Waals surface area (Å²) in [5.41, 5.74) is 0.370. The maximum Gasteiger partial charge on any atom is 0.0785 e. The van der Waals surface area contributed by atoms with Gasteiger partial charge in [0.05, 0.1) is 17.3 Å². The number of halogens is 1. The van der Waals surface area contributed by atoms with E-state index in [1.165, 1.54) is 19.3 Å². The summed E-state index contributed by atoms with van der Waals surface area (Å²) in [6.45, 7) is 4.61. The molecule has 1 heterocycles. The molecular weight excluding hydrogens is 184 g/mol. The van der Waals surface area contributed by atoms with Crippen molar-refractivity contribution in [2.45, 2.75) is 39.2 Å². The lowest BCUT2D eigenvalue weighted by molar-refractivity contribution is 0.243. The number of hydrogen-bond acceptors (Lipinski definition) is 1. The van der Waals surface area contributed by atoms with Crippen molar-refractivity contribution in [2.75, 3.05) is 0 Å². The number of nitrogens with zero attached hydrogens (tertiary/aromatic N) is 2. The standard InChI is InChI=1S/C10H15ClN2/c1-10(2)5-3-4-9(10)13-7-8(11)6-12-13/h6-7,9H,3-5H2,1-2H3. The van der Waals surface area contributed by atoms with Gasteiger partial charge in [0.25, 0.3) is 0 Å². The molecule has 1 aromatic rings. The molecule has 0 amide bonds. The van der Waals surface area contributed by atoms with Gasteiger partial charge < -0.3 is 0 Å². The highest BCUT2D eigenvalue weighted by atomic mass is 35.5. The van der Waals surface area contributed by atoms with Crippen LogP contribution in [0.2, 0.25) is 5.02 Å². The third-order valence-electron chi connectivity index (χ3n) is 3.09. The Morgan fingerprint density at radius 3 is 2.85 bits per heavy atom. The molecule has 2 nitrogen and oxygen atoms in total. The molecule has 13 heavy (non-hydrogen) atoms. The Hall–Kier alpha value is -0.500. The number of hydrogen-bond donors (Lipinski definition) is 0. The molecule has 1 aliphatic rings. The fraction of sp³-hybridized carbons (Fsp3) is 0.700. The monoisotopic (exact) mass is 198 g/mol. The summed E-state index contributed by atoms with van der Waals surface area (Å²) in [5.74, 6) is 0. The van der Waals surface area contributed by atoms with Crippen molar-refractivity contribution in [3.8, 4) is 0 Å². The molecular formula is C10H15ClN2. The topological polar surface area (TPSA) is 17.8 Å². The summed E-state index contributed by atoms with van der Waals surface area (Å²) >= 11 is 5.85. The Morgan fingerprint density at radius 1 is 1.62 bits per heavy atom. The highest BCUT2D eigenvalue weighted by Crippen LogP contribution is 2.45. The first kappa shape index (κ1) is 9.07. The highest BCUT2D eigenvalue weighted by Gasteiger charge is 2.36. The number of rotatable bonds is 1. The molecule has 1 aliphatic carbocycles. The molecule has 1 unspecified atom stereocenters. The Bertz CT molecular complexity index is 304. The van der Waals surface area contributed by atoms with Crippen LogP contribution in [-0.4, -0.2) is 9.78 Å². The van der Waals surface area contributed by atoms with Crippen molar-refractivity contribution in [1.82, 2.24) is 9.78 Å². The third kappa shape index (κ3) is 1.60. The molecule has 3 heteroatoms. The van der Waals surface area contributed by atoms with E-state index in [-0.39, 0.29) is 0 Å². The van der Waals surface area contributed by atoms with Crippen LogP contribution in [0.4, 0.5) is 0 Å². The van der Waals surface area contributed by atoms with E-state index in [0.29, 0.717) is 11.5 Å². The Kier molecular flexibility index (Phi) is 2.11. The molecule has 2 rings (SSSR count). The predicted molar refractivity (Wildman–Crippen MR) is 53.9 cm³/mol. The molecule has 0 bridgehead atoms. The van der Waals surface area contributed by atoms with Gasteiger partial charge in [-0.3, -0.25) is 4.68 Å². The van der Waals surface area contributed by atoms with Gasteiger partial charge in [0, 0.05) is 6.20 Å². The first-order valence-electron chi connectivity index (χ1n) is 4.79. The van der Waals surface area contributed by atoms with Gasteiger partial charge in [-0.25, -0.2) is 0 Å². The van der Waals surface area contributed by atoms with Crippen LogP contribution in [0.5, 0.6) is 0 Å². The van der Waals surface area contributed by atoms with Gasteiger partial charge in [0.15, 0.2) is 0 Å². The largest absolute Gasteiger partial charge is 0.268 e. The Morgan fingerprint density at radius 2 is 2.38 bits per heavy atom. The molecule has 1 saturated carbocycles. The molecule has 0 aromatic carbocycles. The van der Waals surface area contributed by atoms with E-state index < -0.39 is 0 Å². The van der Waals surface area contributed by atoms with Gasteiger partial charge in [-0.2, -0.15) is 5.10 Å². The Balaban J connectivity index is 2.26. The van der Waals surface area contributed by atoms with Crippen LogP contribution >= 0.6 is 11.6 Å². The van der Waals surface area contributed by atoms with Crippen LogP contribution in [0.3, 0.4) is 0 Å². The fourth-order valence-electron chi connectivity index (χ4n) is 2.28. The summed E-state index contributed by atoms with van der Waals surface area (Å²) in [6, 6.07) is 0.528. The first-order chi connectivity index (χ1) is 6.09. The van der Waals surface area contributed by atoms with Gasteiger partial charge in [-0.15, -0.1) is 0 Å². The molecule has 1 atom stereocenters. The lowest BCUT2D eigenvalue weighted by Crippen LogP contribution is -2.21. The molecule has 0 aliphatic heterocycles. The lowest BCUT2D eigenvalue weighted by atomic mass is 9.87. The van der Waals surface area contributed by atoms with Crippen LogP contribution in [0.25, 0.3) is 0 Å². The molecule has 0 spiro atoms. The van der Waals surface area contributed by atoms with E-state index >= 15 is 0 Å². The van der Waals surface area contributed by atoms with E-state index in [1.807, 2.05) is 10.9 Å². The first-order valence-corrected chi connectivity index (χ1v) is 5.17. The zero-order valence-corrected chi connectivity index (χ0v) is 8.88. The van der Waals surface area contributed by atoms with Gasteiger partial charge >= 0.3 is 0 Å². The maximum atomic E-state index is 5.85. The van der Waals surface area contributed by atoms with Crippen LogP contribution < -0.4 is 0 Å². The molecule has 0 radical (unpaired) electrons. The SMILES string of the molecule is CC1(C)CCCC1n1cc(Cl)cn1. The van der Waals surface area contributed by atoms with Crippen LogP contribution in [0.1, 0.15) is 39.2 Å². The van der Waals surface area contributed by atoms with E-state index in [0.717, 1.165) is 5.02 Å². The molecule has 0 N–H and O–H groups in total. The lowest BCUT2D eigenvalue weighted by Gasteiger charge is -2.26. The fourth-order valence-corrected chi connectivity index (χ4v) is 2.43. The van der Waals surface area contributed by atoms with Gasteiger partial charge in [-0.1, -0.05) is 31.9 Å². The molecule has 1 aromatic heterocycles. The minimum atomic E-state index is 0.370. The summed E-state index contributed by atoms with van der Waals surface area (Å²) in [7, 11) is 0. The molecule has 0 saturated heterocycles. The molecule has 72 valence electrons. The summed E-state index contributed by atoms with van der Waals surface area (Å²) < 4.78 is 2.02. The normalized spacial score (nSPS) is 26.5. The average molecular weight is 199 g/mol. The van der Waals surface area contributed by atoms with E-state index in [1.54, 1.807) is 6.20 Å². The quantitative estimate of drug-likeness (QED) is 0.677. The van der Waals surface area contributed by atoms with Crippen LogP contribution in [0, 0.1) is 5.41 Å². The second-order valence-electron chi connectivity index (χ2n) is 4.54. The van der Waals surface area contributed by atoms with Crippen molar-refractivity contribution in [1.29, 1.82) is 0 Å². The van der Waals surface area contributed by atoms with Gasteiger partial charge in [-0.05, 0) is 18.3 Å². The van der Waals surface area contributed by atoms with Crippen molar-refractivity contribution >= 4 is 11.6 Å². The molecule has 1 fully saturated rings. The second-order valence-corrected chi connectivity index (χ2v) is 4.97. The third-order valence-corrected chi connectivity index (χ3v) is 3.29. The second kappa shape index (κ2) is 3.02. The smallest absolute Gasteiger partial charge is 0.0785 e. The zero-order valence-electron chi connectivity index (χ0n) is 8.13. The van der Waals surface area contributed by atoms with Crippen molar-refractivity contribution in [2.24, 2.45) is 5.41 Å².